The van der Waals surface area contributed by atoms with Gasteiger partial charge in [0.2, 0.25) is 0 Å². The molecule has 0 heterocycles. The molecule has 3 N–H and O–H groups in total. The van der Waals surface area contributed by atoms with Crippen LogP contribution >= 0.6 is 0 Å². The summed E-state index contributed by atoms with van der Waals surface area (Å²) in [4.78, 5) is 0. The molecule has 0 saturated heterocycles. The van der Waals surface area contributed by atoms with Crippen LogP contribution in [0.1, 0.15) is 0 Å². The van der Waals surface area contributed by atoms with Crippen LogP contribution in [0.2, 0.25) is 0 Å². The quantitative estimate of drug-likeness (QED) is 0.600. The van der Waals surface area contributed by atoms with E-state index in [1.54, 1.807) is 30.4 Å². The predicted octanol–water partition coefficient (Wildman–Crippen LogP) is 1.16. The van der Waals surface area contributed by atoms with Gasteiger partial charge >= 0.3 is 0 Å². The topological polar surface area (TPSA) is 46.2 Å². The highest BCUT2D eigenvalue weighted by Crippen LogP contribution is 2.02. The fourth-order valence-electron chi connectivity index (χ4n) is 0.696. The molecule has 66 valence electrons. The molecule has 0 radical (unpaired) electrons. The second-order valence-electron chi connectivity index (χ2n) is 2.24. The van der Waals surface area contributed by atoms with Gasteiger partial charge < -0.3 is 10.8 Å². The third-order valence-corrected chi connectivity index (χ3v) is 1.38. The second-order valence-corrected chi connectivity index (χ2v) is 2.24. The minimum absolute atomic E-state index is 0.208. The van der Waals surface area contributed by atoms with Crippen molar-refractivity contribution in [2.45, 2.75) is 6.10 Å². The lowest BCUT2D eigenvalue weighted by Gasteiger charge is -2.06. The summed E-state index contributed by atoms with van der Waals surface area (Å²) in [6, 6.07) is 0. The zero-order valence-electron chi connectivity index (χ0n) is 7.11. The molecule has 0 aliphatic rings. The van der Waals surface area contributed by atoms with Gasteiger partial charge in [-0.25, -0.2) is 0 Å². The van der Waals surface area contributed by atoms with Gasteiger partial charge in [-0.15, -0.1) is 0 Å². The normalized spacial score (nSPS) is 14.7. The molecular weight excluding hydrogens is 150 g/mol. The van der Waals surface area contributed by atoms with E-state index in [-0.39, 0.29) is 6.54 Å². The third-order valence-electron chi connectivity index (χ3n) is 1.38. The van der Waals surface area contributed by atoms with Crippen molar-refractivity contribution >= 4 is 0 Å². The van der Waals surface area contributed by atoms with Crippen molar-refractivity contribution in [3.63, 3.8) is 0 Å². The third kappa shape index (κ3) is 3.91. The average molecular weight is 165 g/mol. The Balaban J connectivity index is 4.31. The molecule has 12 heavy (non-hydrogen) atoms. The minimum atomic E-state index is -0.628. The van der Waals surface area contributed by atoms with Gasteiger partial charge in [0, 0.05) is 6.54 Å². The predicted molar refractivity (Wildman–Crippen MR) is 52.7 cm³/mol. The molecule has 0 aromatic carbocycles. The number of rotatable bonds is 5. The largest absolute Gasteiger partial charge is 0.387 e. The second kappa shape index (κ2) is 6.58. The van der Waals surface area contributed by atoms with Gasteiger partial charge in [0.25, 0.3) is 0 Å². The summed E-state index contributed by atoms with van der Waals surface area (Å²) in [5.74, 6) is 0. The molecule has 0 aromatic heterocycles. The molecule has 0 saturated carbocycles. The fourth-order valence-corrected chi connectivity index (χ4v) is 0.696. The molecule has 0 fully saturated rings. The van der Waals surface area contributed by atoms with E-state index >= 15 is 0 Å². The molecule has 0 amide bonds. The molecular formula is C10H15NO. The Labute approximate surface area is 73.4 Å². The van der Waals surface area contributed by atoms with E-state index < -0.39 is 6.10 Å². The summed E-state index contributed by atoms with van der Waals surface area (Å²) in [7, 11) is 0. The van der Waals surface area contributed by atoms with E-state index in [0.29, 0.717) is 0 Å². The van der Waals surface area contributed by atoms with E-state index in [9.17, 15) is 5.11 Å². The Morgan fingerprint density at radius 3 is 2.50 bits per heavy atom. The van der Waals surface area contributed by atoms with E-state index in [4.69, 9.17) is 5.73 Å². The first-order valence-corrected chi connectivity index (χ1v) is 3.76. The molecule has 0 aliphatic heterocycles. The SMILES string of the molecule is C=C/C=C\C=C(/C=C)C(O)CN. The van der Waals surface area contributed by atoms with Crippen LogP contribution in [0.4, 0.5) is 0 Å². The van der Waals surface area contributed by atoms with Gasteiger partial charge in [0.05, 0.1) is 6.10 Å². The molecule has 2 nitrogen and oxygen atoms in total. The Morgan fingerprint density at radius 2 is 2.08 bits per heavy atom. The van der Waals surface area contributed by atoms with Crippen LogP contribution in [0.15, 0.2) is 49.1 Å². The lowest BCUT2D eigenvalue weighted by atomic mass is 10.1. The molecule has 0 bridgehead atoms. The fraction of sp³-hybridized carbons (Fsp3) is 0.200. The van der Waals surface area contributed by atoms with Gasteiger partial charge in [-0.3, -0.25) is 0 Å². The number of hydrogen-bond acceptors (Lipinski definition) is 2. The number of aliphatic hydroxyl groups is 1. The highest BCUT2D eigenvalue weighted by molar-refractivity contribution is 5.26. The first-order chi connectivity index (χ1) is 5.76. The average Bonchev–Trinajstić information content (AvgIpc) is 2.11. The monoisotopic (exact) mass is 165 g/mol. The molecule has 1 unspecified atom stereocenters. The lowest BCUT2D eigenvalue weighted by Crippen LogP contribution is -2.20. The zero-order valence-corrected chi connectivity index (χ0v) is 7.11. The molecule has 0 aliphatic carbocycles. The first kappa shape index (κ1) is 10.9. The zero-order chi connectivity index (χ0) is 9.40. The van der Waals surface area contributed by atoms with Crippen LogP contribution in [-0.2, 0) is 0 Å². The van der Waals surface area contributed by atoms with Crippen molar-refractivity contribution in [1.29, 1.82) is 0 Å². The van der Waals surface area contributed by atoms with Crippen LogP contribution in [-0.4, -0.2) is 17.8 Å². The van der Waals surface area contributed by atoms with Crippen molar-refractivity contribution < 1.29 is 5.11 Å². The summed E-state index contributed by atoms with van der Waals surface area (Å²) in [6.45, 7) is 7.29. The van der Waals surface area contributed by atoms with Crippen LogP contribution in [0, 0.1) is 0 Å². The molecule has 0 spiro atoms. The molecule has 2 heteroatoms. The van der Waals surface area contributed by atoms with E-state index in [1.807, 2.05) is 0 Å². The van der Waals surface area contributed by atoms with Gasteiger partial charge in [-0.2, -0.15) is 0 Å². The Hall–Kier alpha value is -1.12. The molecule has 0 rings (SSSR count). The van der Waals surface area contributed by atoms with Gasteiger partial charge in [0.1, 0.15) is 0 Å². The highest BCUT2D eigenvalue weighted by atomic mass is 16.3. The summed E-state index contributed by atoms with van der Waals surface area (Å²) in [5.41, 5.74) is 5.99. The lowest BCUT2D eigenvalue weighted by molar-refractivity contribution is 0.223. The maximum Gasteiger partial charge on any atom is 0.0912 e. The summed E-state index contributed by atoms with van der Waals surface area (Å²) in [6.07, 6.45) is 7.93. The van der Waals surface area contributed by atoms with Crippen molar-refractivity contribution in [2.75, 3.05) is 6.54 Å². The van der Waals surface area contributed by atoms with Crippen molar-refractivity contribution in [3.8, 4) is 0 Å². The number of nitrogens with two attached hydrogens (primary N) is 1. The number of allylic oxidation sites excluding steroid dienone is 4. The highest BCUT2D eigenvalue weighted by Gasteiger charge is 2.02. The van der Waals surface area contributed by atoms with Crippen LogP contribution in [0.3, 0.4) is 0 Å². The standard InChI is InChI=1S/C10H15NO/c1-3-5-6-7-9(4-2)10(12)8-11/h3-7,10,12H,1-2,8,11H2/b6-5-,9-7+. The maximum atomic E-state index is 9.29. The van der Waals surface area contributed by atoms with Gasteiger partial charge in [-0.1, -0.05) is 43.5 Å². The number of aliphatic hydroxyl groups excluding tert-OH is 1. The Bertz CT molecular complexity index is 204. The first-order valence-electron chi connectivity index (χ1n) is 3.76. The van der Waals surface area contributed by atoms with Crippen molar-refractivity contribution in [2.24, 2.45) is 5.73 Å². The van der Waals surface area contributed by atoms with Crippen LogP contribution < -0.4 is 5.73 Å². The summed E-state index contributed by atoms with van der Waals surface area (Å²) < 4.78 is 0. The Kier molecular flexibility index (Phi) is 5.97. The van der Waals surface area contributed by atoms with Crippen molar-refractivity contribution in [1.82, 2.24) is 0 Å². The summed E-state index contributed by atoms with van der Waals surface area (Å²) in [5, 5.41) is 9.29. The van der Waals surface area contributed by atoms with E-state index in [2.05, 4.69) is 13.2 Å². The van der Waals surface area contributed by atoms with E-state index in [1.165, 1.54) is 0 Å². The van der Waals surface area contributed by atoms with E-state index in [0.717, 1.165) is 5.57 Å². The summed E-state index contributed by atoms with van der Waals surface area (Å²) >= 11 is 0. The smallest absolute Gasteiger partial charge is 0.0912 e. The van der Waals surface area contributed by atoms with Crippen LogP contribution in [0.5, 0.6) is 0 Å². The Morgan fingerprint density at radius 1 is 1.42 bits per heavy atom. The van der Waals surface area contributed by atoms with Crippen LogP contribution in [0.25, 0.3) is 0 Å². The van der Waals surface area contributed by atoms with Crippen molar-refractivity contribution in [3.05, 3.63) is 49.1 Å². The maximum absolute atomic E-state index is 9.29. The van der Waals surface area contributed by atoms with Gasteiger partial charge in [-0.05, 0) is 5.57 Å². The molecule has 0 aromatic rings. The van der Waals surface area contributed by atoms with Gasteiger partial charge in [0.15, 0.2) is 0 Å². The number of hydrogen-bond donors (Lipinski definition) is 2. The minimum Gasteiger partial charge on any atom is -0.387 e. The molecule has 1 atom stereocenters.